The van der Waals surface area contributed by atoms with Crippen LogP contribution in [0.4, 0.5) is 5.13 Å². The van der Waals surface area contributed by atoms with Gasteiger partial charge in [-0.3, -0.25) is 9.69 Å². The maximum Gasteiger partial charge on any atom is 0.244 e. The van der Waals surface area contributed by atoms with Gasteiger partial charge in [-0.05, 0) is 44.5 Å². The summed E-state index contributed by atoms with van der Waals surface area (Å²) in [6, 6.07) is 15.0. The summed E-state index contributed by atoms with van der Waals surface area (Å²) in [5.74, 6) is -0.289. The quantitative estimate of drug-likeness (QED) is 0.537. The topological polar surface area (TPSA) is 76.6 Å². The fourth-order valence-electron chi connectivity index (χ4n) is 2.71. The van der Waals surface area contributed by atoms with Crippen LogP contribution >= 0.6 is 11.3 Å². The Morgan fingerprint density at radius 3 is 2.55 bits per heavy atom. The van der Waals surface area contributed by atoms with E-state index in [9.17, 15) is 13.2 Å². The molecule has 1 aromatic heterocycles. The number of amides is 1. The van der Waals surface area contributed by atoms with Gasteiger partial charge < -0.3 is 4.74 Å². The number of carbonyl (C=O) groups is 1. The zero-order valence-electron chi connectivity index (χ0n) is 16.7. The molecule has 0 fully saturated rings. The largest absolute Gasteiger partial charge is 0.494 e. The molecular weight excluding hydrogens is 408 g/mol. The Balaban J connectivity index is 1.98. The fourth-order valence-corrected chi connectivity index (χ4v) is 4.55. The van der Waals surface area contributed by atoms with Crippen molar-refractivity contribution in [2.45, 2.75) is 32.6 Å². The van der Waals surface area contributed by atoms with Gasteiger partial charge in [-0.15, -0.1) is 0 Å². The summed E-state index contributed by atoms with van der Waals surface area (Å²) in [6.07, 6.45) is 0. The van der Waals surface area contributed by atoms with E-state index >= 15 is 0 Å². The number of nitrogens with zero attached hydrogens (tertiary/aromatic N) is 2. The summed E-state index contributed by atoms with van der Waals surface area (Å²) in [7, 11) is -3.52. The van der Waals surface area contributed by atoms with Crippen LogP contribution in [0, 0.1) is 0 Å². The zero-order chi connectivity index (χ0) is 21.0. The second kappa shape index (κ2) is 8.92. The van der Waals surface area contributed by atoms with E-state index in [1.54, 1.807) is 13.8 Å². The van der Waals surface area contributed by atoms with Crippen molar-refractivity contribution < 1.29 is 17.9 Å². The van der Waals surface area contributed by atoms with Gasteiger partial charge in [0.15, 0.2) is 15.0 Å². The molecule has 0 aliphatic carbocycles. The van der Waals surface area contributed by atoms with Crippen LogP contribution in [0.15, 0.2) is 48.5 Å². The van der Waals surface area contributed by atoms with Gasteiger partial charge in [0.2, 0.25) is 5.91 Å². The number of benzene rings is 2. The molecule has 29 heavy (non-hydrogen) atoms. The van der Waals surface area contributed by atoms with Crippen molar-refractivity contribution >= 4 is 42.4 Å². The lowest BCUT2D eigenvalue weighted by molar-refractivity contribution is -0.116. The summed E-state index contributed by atoms with van der Waals surface area (Å²) in [5.41, 5.74) is 1.64. The number of hydrogen-bond donors (Lipinski definition) is 0. The monoisotopic (exact) mass is 432 g/mol. The average Bonchev–Trinajstić information content (AvgIpc) is 3.09. The third kappa shape index (κ3) is 5.13. The Kier molecular flexibility index (Phi) is 6.54. The first-order valence-corrected chi connectivity index (χ1v) is 11.9. The summed E-state index contributed by atoms with van der Waals surface area (Å²) in [5, 5.41) is -0.143. The minimum Gasteiger partial charge on any atom is -0.494 e. The molecule has 1 amide bonds. The van der Waals surface area contributed by atoms with Crippen LogP contribution in [0.25, 0.3) is 10.2 Å². The lowest BCUT2D eigenvalue weighted by Crippen LogP contribution is -2.37. The maximum atomic E-state index is 13.0. The van der Waals surface area contributed by atoms with Crippen molar-refractivity contribution in [2.24, 2.45) is 0 Å². The maximum absolute atomic E-state index is 13.0. The molecule has 2 aromatic carbocycles. The van der Waals surface area contributed by atoms with Crippen LogP contribution in [0.2, 0.25) is 0 Å². The number of sulfone groups is 1. The molecule has 3 aromatic rings. The Morgan fingerprint density at radius 1 is 1.17 bits per heavy atom. The number of rotatable bonds is 8. The van der Waals surface area contributed by atoms with Gasteiger partial charge in [-0.2, -0.15) is 0 Å². The SMILES string of the molecule is CCOc1ccc2nc(N(Cc3ccccc3)C(=O)CS(=O)(=O)C(C)C)sc2c1. The molecule has 0 atom stereocenters. The van der Waals surface area contributed by atoms with Gasteiger partial charge in [0.1, 0.15) is 11.5 Å². The van der Waals surface area contributed by atoms with Crippen molar-refractivity contribution in [1.29, 1.82) is 0 Å². The van der Waals surface area contributed by atoms with Crippen LogP contribution in [0.5, 0.6) is 5.75 Å². The van der Waals surface area contributed by atoms with Gasteiger partial charge >= 0.3 is 0 Å². The summed E-state index contributed by atoms with van der Waals surface area (Å²) in [6.45, 7) is 5.89. The fraction of sp³-hybridized carbons (Fsp3) is 0.333. The second-order valence-electron chi connectivity index (χ2n) is 6.88. The van der Waals surface area contributed by atoms with E-state index in [1.165, 1.54) is 16.2 Å². The van der Waals surface area contributed by atoms with E-state index in [2.05, 4.69) is 4.98 Å². The van der Waals surface area contributed by atoms with Gasteiger partial charge in [0.05, 0.1) is 28.6 Å². The first-order chi connectivity index (χ1) is 13.8. The van der Waals surface area contributed by atoms with Gasteiger partial charge in [-0.25, -0.2) is 13.4 Å². The van der Waals surface area contributed by atoms with Gasteiger partial charge in [0.25, 0.3) is 0 Å². The molecule has 154 valence electrons. The molecule has 0 aliphatic rings. The first kappa shape index (κ1) is 21.3. The van der Waals surface area contributed by atoms with Crippen LogP contribution in [0.1, 0.15) is 26.3 Å². The number of carbonyl (C=O) groups excluding carboxylic acids is 1. The van der Waals surface area contributed by atoms with Crippen LogP contribution in [-0.4, -0.2) is 36.9 Å². The molecule has 0 unspecified atom stereocenters. The lowest BCUT2D eigenvalue weighted by Gasteiger charge is -2.20. The number of aromatic nitrogens is 1. The number of hydrogen-bond acceptors (Lipinski definition) is 6. The summed E-state index contributed by atoms with van der Waals surface area (Å²) >= 11 is 1.35. The highest BCUT2D eigenvalue weighted by Crippen LogP contribution is 2.32. The van der Waals surface area contributed by atoms with E-state index < -0.39 is 26.7 Å². The molecule has 3 rings (SSSR count). The highest BCUT2D eigenvalue weighted by molar-refractivity contribution is 7.92. The minimum absolute atomic E-state index is 0.255. The van der Waals surface area contributed by atoms with E-state index in [-0.39, 0.29) is 6.54 Å². The van der Waals surface area contributed by atoms with E-state index in [0.717, 1.165) is 21.5 Å². The molecule has 6 nitrogen and oxygen atoms in total. The summed E-state index contributed by atoms with van der Waals surface area (Å²) in [4.78, 5) is 19.0. The summed E-state index contributed by atoms with van der Waals surface area (Å²) < 4.78 is 31.1. The lowest BCUT2D eigenvalue weighted by atomic mass is 10.2. The predicted octanol–water partition coefficient (Wildman–Crippen LogP) is 4.05. The highest BCUT2D eigenvalue weighted by atomic mass is 32.2. The third-order valence-corrected chi connectivity index (χ3v) is 7.54. The van der Waals surface area contributed by atoms with Crippen LogP contribution < -0.4 is 9.64 Å². The third-order valence-electron chi connectivity index (χ3n) is 4.42. The van der Waals surface area contributed by atoms with Crippen LogP contribution in [-0.2, 0) is 21.2 Å². The predicted molar refractivity (Wildman–Crippen MR) is 117 cm³/mol. The van der Waals surface area contributed by atoms with Gasteiger partial charge in [0, 0.05) is 0 Å². The molecule has 0 bridgehead atoms. The molecule has 0 saturated carbocycles. The Hall–Kier alpha value is -2.45. The number of fused-ring (bicyclic) bond motifs is 1. The molecule has 0 radical (unpaired) electrons. The smallest absolute Gasteiger partial charge is 0.244 e. The van der Waals surface area contributed by atoms with Crippen molar-refractivity contribution in [3.63, 3.8) is 0 Å². The second-order valence-corrected chi connectivity index (χ2v) is 10.4. The molecular formula is C21H24N2O4S2. The van der Waals surface area contributed by atoms with Crippen molar-refractivity contribution in [2.75, 3.05) is 17.3 Å². The molecule has 0 aliphatic heterocycles. The molecule has 8 heteroatoms. The standard InChI is InChI=1S/C21H24N2O4S2/c1-4-27-17-10-11-18-19(12-17)28-21(22-18)23(13-16-8-6-5-7-9-16)20(24)14-29(25,26)15(2)3/h5-12,15H,4,13-14H2,1-3H3. The number of thiazole rings is 1. The Morgan fingerprint density at radius 2 is 1.90 bits per heavy atom. The zero-order valence-corrected chi connectivity index (χ0v) is 18.3. The van der Waals surface area contributed by atoms with Crippen molar-refractivity contribution in [1.82, 2.24) is 4.98 Å². The first-order valence-electron chi connectivity index (χ1n) is 9.39. The molecule has 0 saturated heterocycles. The number of anilines is 1. The number of ether oxygens (including phenoxy) is 1. The molecule has 0 spiro atoms. The molecule has 0 N–H and O–H groups in total. The minimum atomic E-state index is -3.52. The Labute approximate surface area is 175 Å². The van der Waals surface area contributed by atoms with E-state index in [0.29, 0.717) is 11.7 Å². The Bertz CT molecular complexity index is 1090. The molecule has 1 heterocycles. The average molecular weight is 433 g/mol. The highest BCUT2D eigenvalue weighted by Gasteiger charge is 2.27. The normalized spacial score (nSPS) is 11.7. The van der Waals surface area contributed by atoms with Crippen LogP contribution in [0.3, 0.4) is 0 Å². The van der Waals surface area contributed by atoms with Crippen molar-refractivity contribution in [3.8, 4) is 5.75 Å². The van der Waals surface area contributed by atoms with E-state index in [1.807, 2.05) is 55.5 Å². The van der Waals surface area contributed by atoms with Gasteiger partial charge in [-0.1, -0.05) is 41.7 Å². The van der Waals surface area contributed by atoms with Crippen molar-refractivity contribution in [3.05, 3.63) is 54.1 Å². The van der Waals surface area contributed by atoms with E-state index in [4.69, 9.17) is 4.74 Å².